The van der Waals surface area contributed by atoms with Gasteiger partial charge in [0.2, 0.25) is 5.91 Å². The summed E-state index contributed by atoms with van der Waals surface area (Å²) in [5, 5.41) is 17.2. The molecule has 1 atom stereocenters. The van der Waals surface area contributed by atoms with Crippen LogP contribution in [0.5, 0.6) is 0 Å². The van der Waals surface area contributed by atoms with Crippen molar-refractivity contribution in [2.75, 3.05) is 6.54 Å². The quantitative estimate of drug-likeness (QED) is 0.758. The molecule has 0 unspecified atom stereocenters. The van der Waals surface area contributed by atoms with E-state index < -0.39 is 11.6 Å². The molecule has 0 radical (unpaired) electrons. The van der Waals surface area contributed by atoms with E-state index in [2.05, 4.69) is 10.6 Å². The number of amides is 2. The lowest BCUT2D eigenvalue weighted by atomic mass is 10.0. The van der Waals surface area contributed by atoms with Gasteiger partial charge in [0, 0.05) is 6.54 Å². The van der Waals surface area contributed by atoms with Gasteiger partial charge in [0.05, 0.1) is 11.0 Å². The topological polar surface area (TPSA) is 78.4 Å². The molecule has 0 fully saturated rings. The summed E-state index contributed by atoms with van der Waals surface area (Å²) in [5.74, 6) is -0.638. The number of hydrogen-bond donors (Lipinski definition) is 3. The molecule has 0 aliphatic rings. The molecule has 0 saturated carbocycles. The van der Waals surface area contributed by atoms with Crippen molar-refractivity contribution in [1.82, 2.24) is 10.6 Å². The fraction of sp³-hybridized carbons (Fsp3) is 0.294. The van der Waals surface area contributed by atoms with Gasteiger partial charge < -0.3 is 15.7 Å². The third-order valence-electron chi connectivity index (χ3n) is 3.38. The normalized spacial score (nSPS) is 12.5. The summed E-state index contributed by atoms with van der Waals surface area (Å²) >= 11 is 1.32. The van der Waals surface area contributed by atoms with Gasteiger partial charge in [-0.1, -0.05) is 36.4 Å². The standard InChI is InChI=1S/C17H20N2O3S/c1-17(2,19-15(21)14-9-6-10-23-14)16(22)18-11-13(20)12-7-4-3-5-8-12/h3-10,13,20H,11H2,1-2H3,(H,18,22)(H,19,21)/t13-/m0/s1. The average Bonchev–Trinajstić information content (AvgIpc) is 3.07. The van der Waals surface area contributed by atoms with Crippen LogP contribution in [-0.4, -0.2) is 29.0 Å². The Bertz CT molecular complexity index is 654. The largest absolute Gasteiger partial charge is 0.387 e. The van der Waals surface area contributed by atoms with E-state index in [0.717, 1.165) is 5.56 Å². The maximum atomic E-state index is 12.3. The van der Waals surface area contributed by atoms with Crippen molar-refractivity contribution in [3.8, 4) is 0 Å². The van der Waals surface area contributed by atoms with E-state index >= 15 is 0 Å². The van der Waals surface area contributed by atoms with E-state index in [1.54, 1.807) is 43.5 Å². The highest BCUT2D eigenvalue weighted by atomic mass is 32.1. The van der Waals surface area contributed by atoms with E-state index in [-0.39, 0.29) is 18.4 Å². The molecule has 0 bridgehead atoms. The molecule has 5 nitrogen and oxygen atoms in total. The number of aliphatic hydroxyl groups is 1. The minimum Gasteiger partial charge on any atom is -0.387 e. The monoisotopic (exact) mass is 332 g/mol. The van der Waals surface area contributed by atoms with Gasteiger partial charge in [-0.3, -0.25) is 9.59 Å². The lowest BCUT2D eigenvalue weighted by molar-refractivity contribution is -0.126. The van der Waals surface area contributed by atoms with Gasteiger partial charge in [0.15, 0.2) is 0 Å². The first-order chi connectivity index (χ1) is 10.9. The first-order valence-corrected chi connectivity index (χ1v) is 8.15. The lowest BCUT2D eigenvalue weighted by Crippen LogP contribution is -2.55. The van der Waals surface area contributed by atoms with Crippen LogP contribution in [0.15, 0.2) is 47.8 Å². The van der Waals surface area contributed by atoms with Gasteiger partial charge in [-0.15, -0.1) is 11.3 Å². The smallest absolute Gasteiger partial charge is 0.262 e. The second-order valence-electron chi connectivity index (χ2n) is 5.69. The van der Waals surface area contributed by atoms with Crippen LogP contribution in [0.3, 0.4) is 0 Å². The van der Waals surface area contributed by atoms with E-state index in [1.165, 1.54) is 11.3 Å². The van der Waals surface area contributed by atoms with Gasteiger partial charge in [-0.05, 0) is 30.9 Å². The van der Waals surface area contributed by atoms with Gasteiger partial charge in [0.25, 0.3) is 5.91 Å². The Morgan fingerprint density at radius 3 is 2.48 bits per heavy atom. The zero-order chi connectivity index (χ0) is 16.9. The van der Waals surface area contributed by atoms with Crippen LogP contribution < -0.4 is 10.6 Å². The predicted molar refractivity (Wildman–Crippen MR) is 90.3 cm³/mol. The minimum absolute atomic E-state index is 0.0845. The fourth-order valence-electron chi connectivity index (χ4n) is 2.01. The molecule has 1 aromatic carbocycles. The zero-order valence-electron chi connectivity index (χ0n) is 13.1. The second-order valence-corrected chi connectivity index (χ2v) is 6.64. The average molecular weight is 332 g/mol. The van der Waals surface area contributed by atoms with Gasteiger partial charge >= 0.3 is 0 Å². The second kappa shape index (κ2) is 7.39. The van der Waals surface area contributed by atoms with Crippen LogP contribution in [0.4, 0.5) is 0 Å². The Hall–Kier alpha value is -2.18. The van der Waals surface area contributed by atoms with E-state index in [4.69, 9.17) is 0 Å². The highest BCUT2D eigenvalue weighted by Gasteiger charge is 2.30. The molecule has 23 heavy (non-hydrogen) atoms. The Labute approximate surface area is 139 Å². The molecule has 0 aliphatic carbocycles. The highest BCUT2D eigenvalue weighted by Crippen LogP contribution is 2.13. The Balaban J connectivity index is 1.90. The van der Waals surface area contributed by atoms with Crippen LogP contribution in [0, 0.1) is 0 Å². The molecular formula is C17H20N2O3S. The van der Waals surface area contributed by atoms with Crippen LogP contribution in [-0.2, 0) is 4.79 Å². The molecule has 2 rings (SSSR count). The maximum absolute atomic E-state index is 12.3. The molecule has 0 aliphatic heterocycles. The minimum atomic E-state index is -1.07. The molecule has 6 heteroatoms. The number of benzene rings is 1. The number of aliphatic hydroxyl groups excluding tert-OH is 1. The summed E-state index contributed by atoms with van der Waals surface area (Å²) in [6, 6.07) is 12.6. The molecule has 2 aromatic rings. The molecule has 3 N–H and O–H groups in total. The molecule has 1 aromatic heterocycles. The zero-order valence-corrected chi connectivity index (χ0v) is 13.9. The van der Waals surface area contributed by atoms with Crippen molar-refractivity contribution in [3.63, 3.8) is 0 Å². The van der Waals surface area contributed by atoms with Crippen molar-refractivity contribution in [1.29, 1.82) is 0 Å². The fourth-order valence-corrected chi connectivity index (χ4v) is 2.63. The van der Waals surface area contributed by atoms with E-state index in [9.17, 15) is 14.7 Å². The summed E-state index contributed by atoms with van der Waals surface area (Å²) in [6.07, 6.45) is -0.788. The number of hydrogen-bond acceptors (Lipinski definition) is 4. The summed E-state index contributed by atoms with van der Waals surface area (Å²) in [4.78, 5) is 24.9. The lowest BCUT2D eigenvalue weighted by Gasteiger charge is -2.25. The number of rotatable bonds is 6. The molecule has 0 saturated heterocycles. The Kier molecular flexibility index (Phi) is 5.52. The van der Waals surface area contributed by atoms with E-state index in [1.807, 2.05) is 18.2 Å². The van der Waals surface area contributed by atoms with Crippen molar-refractivity contribution in [2.24, 2.45) is 0 Å². The molecule has 2 amide bonds. The van der Waals surface area contributed by atoms with Crippen LogP contribution in [0.2, 0.25) is 0 Å². The third-order valence-corrected chi connectivity index (χ3v) is 4.25. The summed E-state index contributed by atoms with van der Waals surface area (Å²) < 4.78 is 0. The Morgan fingerprint density at radius 2 is 1.87 bits per heavy atom. The van der Waals surface area contributed by atoms with Crippen molar-refractivity contribution >= 4 is 23.2 Å². The van der Waals surface area contributed by atoms with Crippen molar-refractivity contribution in [2.45, 2.75) is 25.5 Å². The number of nitrogens with one attached hydrogen (secondary N) is 2. The van der Waals surface area contributed by atoms with Crippen molar-refractivity contribution < 1.29 is 14.7 Å². The highest BCUT2D eigenvalue weighted by molar-refractivity contribution is 7.12. The van der Waals surface area contributed by atoms with Crippen LogP contribution >= 0.6 is 11.3 Å². The molecular weight excluding hydrogens is 312 g/mol. The third kappa shape index (κ3) is 4.64. The summed E-state index contributed by atoms with van der Waals surface area (Å²) in [6.45, 7) is 3.34. The Morgan fingerprint density at radius 1 is 1.17 bits per heavy atom. The van der Waals surface area contributed by atoms with Crippen LogP contribution in [0.25, 0.3) is 0 Å². The first-order valence-electron chi connectivity index (χ1n) is 7.27. The van der Waals surface area contributed by atoms with Crippen molar-refractivity contribution in [3.05, 3.63) is 58.3 Å². The van der Waals surface area contributed by atoms with E-state index in [0.29, 0.717) is 4.88 Å². The number of carbonyl (C=O) groups excluding carboxylic acids is 2. The molecule has 1 heterocycles. The SMILES string of the molecule is CC(C)(NC(=O)c1cccs1)C(=O)NC[C@H](O)c1ccccc1. The maximum Gasteiger partial charge on any atom is 0.262 e. The van der Waals surface area contributed by atoms with Crippen LogP contribution in [0.1, 0.15) is 35.2 Å². The number of carbonyl (C=O) groups is 2. The number of thiophene rings is 1. The molecule has 0 spiro atoms. The predicted octanol–water partition coefficient (Wildman–Crippen LogP) is 2.11. The van der Waals surface area contributed by atoms with Gasteiger partial charge in [-0.2, -0.15) is 0 Å². The first kappa shape index (κ1) is 17.2. The summed E-state index contributed by atoms with van der Waals surface area (Å²) in [5.41, 5.74) is -0.342. The van der Waals surface area contributed by atoms with Gasteiger partial charge in [0.1, 0.15) is 5.54 Å². The van der Waals surface area contributed by atoms with Gasteiger partial charge in [-0.25, -0.2) is 0 Å². The molecule has 122 valence electrons. The summed E-state index contributed by atoms with van der Waals surface area (Å²) in [7, 11) is 0.